The number of amides is 1. The first kappa shape index (κ1) is 17.2. The molecule has 5 nitrogen and oxygen atoms in total. The molecule has 3 N–H and O–H groups in total. The number of benzene rings is 1. The standard InChI is InChI=1S/C18H27FN4O/c1-12(2)16-11-17(22-21-16)18(24)23-9-7-13(8-10-23)20-15-6-4-3-5-14(15)19/h3-6,12-13,16-17,20-22H,7-11H2,1-2H3. The molecular weight excluding hydrogens is 307 g/mol. The van der Waals surface area contributed by atoms with E-state index < -0.39 is 0 Å². The van der Waals surface area contributed by atoms with Crippen LogP contribution < -0.4 is 16.2 Å². The van der Waals surface area contributed by atoms with Crippen LogP contribution in [0.4, 0.5) is 10.1 Å². The number of para-hydroxylation sites is 1. The van der Waals surface area contributed by atoms with Crippen LogP contribution in [-0.2, 0) is 4.79 Å². The third-order valence-electron chi connectivity index (χ3n) is 5.08. The number of hydrogen-bond donors (Lipinski definition) is 3. The van der Waals surface area contributed by atoms with Crippen LogP contribution in [0.15, 0.2) is 24.3 Å². The Morgan fingerprint density at radius 2 is 1.96 bits per heavy atom. The van der Waals surface area contributed by atoms with E-state index in [-0.39, 0.29) is 23.8 Å². The first-order valence-corrected chi connectivity index (χ1v) is 8.85. The highest BCUT2D eigenvalue weighted by Crippen LogP contribution is 2.21. The maximum atomic E-state index is 13.7. The van der Waals surface area contributed by atoms with Gasteiger partial charge in [0.2, 0.25) is 5.91 Å². The summed E-state index contributed by atoms with van der Waals surface area (Å²) in [5, 5.41) is 3.26. The summed E-state index contributed by atoms with van der Waals surface area (Å²) < 4.78 is 13.7. The van der Waals surface area contributed by atoms with E-state index in [1.165, 1.54) is 6.07 Å². The van der Waals surface area contributed by atoms with Gasteiger partial charge in [-0.2, -0.15) is 0 Å². The maximum Gasteiger partial charge on any atom is 0.241 e. The van der Waals surface area contributed by atoms with Crippen molar-refractivity contribution < 1.29 is 9.18 Å². The average Bonchev–Trinajstić information content (AvgIpc) is 3.07. The number of carbonyl (C=O) groups excluding carboxylic acids is 1. The van der Waals surface area contributed by atoms with Gasteiger partial charge in [-0.05, 0) is 37.3 Å². The number of nitrogens with zero attached hydrogens (tertiary/aromatic N) is 1. The summed E-state index contributed by atoms with van der Waals surface area (Å²) >= 11 is 0. The molecule has 2 aliphatic rings. The number of carbonyl (C=O) groups is 1. The van der Waals surface area contributed by atoms with Gasteiger partial charge in [0.15, 0.2) is 0 Å². The molecular formula is C18H27FN4O. The molecule has 0 spiro atoms. The lowest BCUT2D eigenvalue weighted by Crippen LogP contribution is -2.50. The van der Waals surface area contributed by atoms with E-state index in [9.17, 15) is 9.18 Å². The number of hydrogen-bond acceptors (Lipinski definition) is 4. The highest BCUT2D eigenvalue weighted by molar-refractivity contribution is 5.82. The highest BCUT2D eigenvalue weighted by Gasteiger charge is 2.34. The predicted molar refractivity (Wildman–Crippen MR) is 92.9 cm³/mol. The first-order valence-electron chi connectivity index (χ1n) is 8.85. The fraction of sp³-hybridized carbons (Fsp3) is 0.611. The summed E-state index contributed by atoms with van der Waals surface area (Å²) in [6, 6.07) is 7.16. The second-order valence-corrected chi connectivity index (χ2v) is 7.15. The molecule has 132 valence electrons. The van der Waals surface area contributed by atoms with Crippen LogP contribution in [0, 0.1) is 11.7 Å². The molecule has 1 aromatic rings. The van der Waals surface area contributed by atoms with Crippen LogP contribution in [0.2, 0.25) is 0 Å². The van der Waals surface area contributed by atoms with Crippen LogP contribution in [0.25, 0.3) is 0 Å². The lowest BCUT2D eigenvalue weighted by atomic mass is 9.98. The average molecular weight is 334 g/mol. The summed E-state index contributed by atoms with van der Waals surface area (Å²) in [7, 11) is 0. The zero-order chi connectivity index (χ0) is 17.1. The van der Waals surface area contributed by atoms with Gasteiger partial charge in [0, 0.05) is 25.2 Å². The molecule has 1 amide bonds. The van der Waals surface area contributed by atoms with Gasteiger partial charge in [0.05, 0.1) is 5.69 Å². The summed E-state index contributed by atoms with van der Waals surface area (Å²) in [4.78, 5) is 14.6. The van der Waals surface area contributed by atoms with E-state index in [2.05, 4.69) is 30.0 Å². The molecule has 2 aliphatic heterocycles. The quantitative estimate of drug-likeness (QED) is 0.789. The van der Waals surface area contributed by atoms with Gasteiger partial charge in [0.25, 0.3) is 0 Å². The van der Waals surface area contributed by atoms with Crippen molar-refractivity contribution >= 4 is 11.6 Å². The van der Waals surface area contributed by atoms with Crippen molar-refractivity contribution in [1.82, 2.24) is 15.8 Å². The van der Waals surface area contributed by atoms with Gasteiger partial charge >= 0.3 is 0 Å². The lowest BCUT2D eigenvalue weighted by molar-refractivity contribution is -0.134. The summed E-state index contributed by atoms with van der Waals surface area (Å²) in [6.45, 7) is 5.75. The Morgan fingerprint density at radius 3 is 2.58 bits per heavy atom. The molecule has 2 unspecified atom stereocenters. The molecule has 6 heteroatoms. The van der Waals surface area contributed by atoms with Crippen molar-refractivity contribution in [2.75, 3.05) is 18.4 Å². The summed E-state index contributed by atoms with van der Waals surface area (Å²) in [6.07, 6.45) is 2.52. The van der Waals surface area contributed by atoms with Crippen LogP contribution >= 0.6 is 0 Å². The van der Waals surface area contributed by atoms with Gasteiger partial charge in [0.1, 0.15) is 11.9 Å². The van der Waals surface area contributed by atoms with Gasteiger partial charge in [-0.15, -0.1) is 0 Å². The molecule has 2 heterocycles. The monoisotopic (exact) mass is 334 g/mol. The summed E-state index contributed by atoms with van der Waals surface area (Å²) in [5.74, 6) is 0.456. The van der Waals surface area contributed by atoms with Gasteiger partial charge in [-0.25, -0.2) is 9.82 Å². The number of piperidine rings is 1. The normalized spacial score (nSPS) is 25.2. The van der Waals surface area contributed by atoms with E-state index in [0.717, 1.165) is 32.4 Å². The van der Waals surface area contributed by atoms with Crippen molar-refractivity contribution in [3.05, 3.63) is 30.1 Å². The Hall–Kier alpha value is -1.66. The third-order valence-corrected chi connectivity index (χ3v) is 5.08. The number of hydrazine groups is 1. The Bertz CT molecular complexity index is 572. The van der Waals surface area contributed by atoms with Gasteiger partial charge < -0.3 is 10.2 Å². The molecule has 0 radical (unpaired) electrons. The topological polar surface area (TPSA) is 56.4 Å². The van der Waals surface area contributed by atoms with E-state index in [4.69, 9.17) is 0 Å². The molecule has 0 saturated carbocycles. The molecule has 3 rings (SSSR count). The fourth-order valence-corrected chi connectivity index (χ4v) is 3.44. The number of likely N-dealkylation sites (tertiary alicyclic amines) is 1. The van der Waals surface area contributed by atoms with Crippen LogP contribution in [0.1, 0.15) is 33.1 Å². The minimum Gasteiger partial charge on any atom is -0.380 e. The number of rotatable bonds is 4. The van der Waals surface area contributed by atoms with Crippen molar-refractivity contribution in [2.45, 2.75) is 51.2 Å². The molecule has 24 heavy (non-hydrogen) atoms. The minimum absolute atomic E-state index is 0.131. The largest absolute Gasteiger partial charge is 0.380 e. The third kappa shape index (κ3) is 3.87. The second kappa shape index (κ2) is 7.49. The Kier molecular flexibility index (Phi) is 5.36. The molecule has 0 aliphatic carbocycles. The van der Waals surface area contributed by atoms with Gasteiger partial charge in [-0.1, -0.05) is 26.0 Å². The van der Waals surface area contributed by atoms with Crippen molar-refractivity contribution in [3.8, 4) is 0 Å². The van der Waals surface area contributed by atoms with Crippen molar-refractivity contribution in [2.24, 2.45) is 5.92 Å². The van der Waals surface area contributed by atoms with Crippen molar-refractivity contribution in [3.63, 3.8) is 0 Å². The molecule has 1 aromatic carbocycles. The van der Waals surface area contributed by atoms with Crippen LogP contribution in [0.3, 0.4) is 0 Å². The molecule has 2 saturated heterocycles. The minimum atomic E-state index is -0.225. The molecule has 2 atom stereocenters. The Labute approximate surface area is 143 Å². The maximum absolute atomic E-state index is 13.7. The second-order valence-electron chi connectivity index (χ2n) is 7.15. The first-order chi connectivity index (χ1) is 11.5. The van der Waals surface area contributed by atoms with E-state index >= 15 is 0 Å². The zero-order valence-electron chi connectivity index (χ0n) is 14.4. The zero-order valence-corrected chi connectivity index (χ0v) is 14.4. The number of anilines is 1. The molecule has 0 bridgehead atoms. The van der Waals surface area contributed by atoms with E-state index in [1.54, 1.807) is 12.1 Å². The number of nitrogens with one attached hydrogen (secondary N) is 3. The Balaban J connectivity index is 1.48. The highest BCUT2D eigenvalue weighted by atomic mass is 19.1. The summed E-state index contributed by atoms with van der Waals surface area (Å²) in [5.41, 5.74) is 6.90. The van der Waals surface area contributed by atoms with Crippen LogP contribution in [-0.4, -0.2) is 42.0 Å². The van der Waals surface area contributed by atoms with Crippen molar-refractivity contribution in [1.29, 1.82) is 0 Å². The molecule has 2 fully saturated rings. The smallest absolute Gasteiger partial charge is 0.241 e. The predicted octanol–water partition coefficient (Wildman–Crippen LogP) is 2.12. The lowest BCUT2D eigenvalue weighted by Gasteiger charge is -2.34. The van der Waals surface area contributed by atoms with E-state index in [0.29, 0.717) is 17.6 Å². The van der Waals surface area contributed by atoms with Crippen LogP contribution in [0.5, 0.6) is 0 Å². The van der Waals surface area contributed by atoms with Gasteiger partial charge in [-0.3, -0.25) is 10.2 Å². The number of halogens is 1. The van der Waals surface area contributed by atoms with E-state index in [1.807, 2.05) is 11.0 Å². The Morgan fingerprint density at radius 1 is 1.25 bits per heavy atom. The fourth-order valence-electron chi connectivity index (χ4n) is 3.44. The molecule has 0 aromatic heterocycles. The SMILES string of the molecule is CC(C)C1CC(C(=O)N2CCC(Nc3ccccc3F)CC2)NN1.